The molecule has 1 spiro atoms. The van der Waals surface area contributed by atoms with Crippen LogP contribution in [0.4, 0.5) is 0 Å². The van der Waals surface area contributed by atoms with Crippen molar-refractivity contribution in [2.45, 2.75) is 50.4 Å². The summed E-state index contributed by atoms with van der Waals surface area (Å²) in [5.74, 6) is 0.653. The first-order valence-electron chi connectivity index (χ1n) is 7.25. The van der Waals surface area contributed by atoms with Gasteiger partial charge in [-0.3, -0.25) is 0 Å². The number of ether oxygens (including phenoxy) is 3. The standard InChI is InChI=1S/C14H25NO3/c1-13(2)14(5-9-17-13)12(15-6-10-18-14)11-3-7-16-8-4-11/h11-12,15H,3-10H2,1-2H3. The summed E-state index contributed by atoms with van der Waals surface area (Å²) >= 11 is 0. The van der Waals surface area contributed by atoms with Crippen LogP contribution in [0.2, 0.25) is 0 Å². The van der Waals surface area contributed by atoms with E-state index in [1.165, 1.54) is 0 Å². The summed E-state index contributed by atoms with van der Waals surface area (Å²) in [5, 5.41) is 3.72. The van der Waals surface area contributed by atoms with E-state index in [0.29, 0.717) is 12.0 Å². The minimum absolute atomic E-state index is 0.146. The molecule has 3 fully saturated rings. The number of hydrogen-bond acceptors (Lipinski definition) is 4. The molecule has 3 saturated heterocycles. The molecule has 0 radical (unpaired) electrons. The van der Waals surface area contributed by atoms with Gasteiger partial charge in [0.05, 0.1) is 18.8 Å². The Morgan fingerprint density at radius 2 is 1.78 bits per heavy atom. The molecule has 104 valence electrons. The van der Waals surface area contributed by atoms with Crippen molar-refractivity contribution in [2.75, 3.05) is 33.0 Å². The molecule has 0 aromatic carbocycles. The molecule has 4 nitrogen and oxygen atoms in total. The number of nitrogens with one attached hydrogen (secondary N) is 1. The van der Waals surface area contributed by atoms with E-state index in [2.05, 4.69) is 19.2 Å². The fourth-order valence-corrected chi connectivity index (χ4v) is 3.96. The lowest BCUT2D eigenvalue weighted by molar-refractivity contribution is -0.184. The quantitative estimate of drug-likeness (QED) is 0.767. The number of hydrogen-bond donors (Lipinski definition) is 1. The zero-order chi connectivity index (χ0) is 12.6. The summed E-state index contributed by atoms with van der Waals surface area (Å²) in [6.07, 6.45) is 3.28. The van der Waals surface area contributed by atoms with E-state index in [1.54, 1.807) is 0 Å². The van der Waals surface area contributed by atoms with Gasteiger partial charge in [-0.15, -0.1) is 0 Å². The van der Waals surface area contributed by atoms with Crippen molar-refractivity contribution in [3.63, 3.8) is 0 Å². The van der Waals surface area contributed by atoms with Crippen molar-refractivity contribution in [1.29, 1.82) is 0 Å². The molecule has 0 saturated carbocycles. The molecule has 3 heterocycles. The van der Waals surface area contributed by atoms with Crippen LogP contribution in [-0.4, -0.2) is 50.2 Å². The van der Waals surface area contributed by atoms with Crippen molar-refractivity contribution in [3.05, 3.63) is 0 Å². The molecule has 2 atom stereocenters. The van der Waals surface area contributed by atoms with Crippen LogP contribution < -0.4 is 5.32 Å². The van der Waals surface area contributed by atoms with Crippen LogP contribution in [0.15, 0.2) is 0 Å². The van der Waals surface area contributed by atoms with E-state index in [0.717, 1.165) is 52.2 Å². The molecule has 18 heavy (non-hydrogen) atoms. The molecule has 0 aromatic heterocycles. The van der Waals surface area contributed by atoms with Crippen molar-refractivity contribution in [1.82, 2.24) is 5.32 Å². The van der Waals surface area contributed by atoms with Gasteiger partial charge in [-0.25, -0.2) is 0 Å². The van der Waals surface area contributed by atoms with Gasteiger partial charge < -0.3 is 19.5 Å². The van der Waals surface area contributed by atoms with E-state index < -0.39 is 0 Å². The molecule has 4 heteroatoms. The van der Waals surface area contributed by atoms with Crippen molar-refractivity contribution >= 4 is 0 Å². The Morgan fingerprint density at radius 1 is 1.00 bits per heavy atom. The van der Waals surface area contributed by atoms with Gasteiger partial charge in [0.2, 0.25) is 0 Å². The average Bonchev–Trinajstić information content (AvgIpc) is 2.67. The average molecular weight is 255 g/mol. The molecule has 3 rings (SSSR count). The molecule has 2 unspecified atom stereocenters. The topological polar surface area (TPSA) is 39.7 Å². The normalized spacial score (nSPS) is 41.3. The summed E-state index contributed by atoms with van der Waals surface area (Å²) in [6, 6.07) is 0.410. The van der Waals surface area contributed by atoms with Crippen molar-refractivity contribution < 1.29 is 14.2 Å². The van der Waals surface area contributed by atoms with Crippen molar-refractivity contribution in [3.8, 4) is 0 Å². The van der Waals surface area contributed by atoms with Gasteiger partial charge in [0.1, 0.15) is 5.60 Å². The monoisotopic (exact) mass is 255 g/mol. The van der Waals surface area contributed by atoms with Gasteiger partial charge >= 0.3 is 0 Å². The summed E-state index contributed by atoms with van der Waals surface area (Å²) in [5.41, 5.74) is -0.337. The first-order chi connectivity index (χ1) is 8.66. The zero-order valence-electron chi connectivity index (χ0n) is 11.5. The van der Waals surface area contributed by atoms with Gasteiger partial charge in [-0.2, -0.15) is 0 Å². The Hall–Kier alpha value is -0.160. The van der Waals surface area contributed by atoms with Crippen LogP contribution in [0, 0.1) is 5.92 Å². The highest BCUT2D eigenvalue weighted by atomic mass is 16.6. The summed E-state index contributed by atoms with van der Waals surface area (Å²) < 4.78 is 17.7. The fourth-order valence-electron chi connectivity index (χ4n) is 3.96. The van der Waals surface area contributed by atoms with Gasteiger partial charge in [-0.05, 0) is 32.6 Å². The minimum Gasteiger partial charge on any atom is -0.381 e. The Bertz CT molecular complexity index is 301. The van der Waals surface area contributed by atoms with E-state index in [4.69, 9.17) is 14.2 Å². The largest absolute Gasteiger partial charge is 0.381 e. The molecule has 3 aliphatic rings. The van der Waals surface area contributed by atoms with Crippen LogP contribution in [0.1, 0.15) is 33.1 Å². The predicted molar refractivity (Wildman–Crippen MR) is 68.7 cm³/mol. The van der Waals surface area contributed by atoms with E-state index in [1.807, 2.05) is 0 Å². The van der Waals surface area contributed by atoms with Crippen LogP contribution >= 0.6 is 0 Å². The van der Waals surface area contributed by atoms with Gasteiger partial charge in [0.25, 0.3) is 0 Å². The smallest absolute Gasteiger partial charge is 0.114 e. The summed E-state index contributed by atoms with van der Waals surface area (Å²) in [7, 11) is 0. The second-order valence-electron chi connectivity index (χ2n) is 6.23. The second-order valence-corrected chi connectivity index (χ2v) is 6.23. The SMILES string of the molecule is CC1(C)OCCC12OCCNC2C1CCOCC1. The molecular formula is C14H25NO3. The predicted octanol–water partition coefficient (Wildman–Crippen LogP) is 1.34. The van der Waals surface area contributed by atoms with Gasteiger partial charge in [0, 0.05) is 32.2 Å². The maximum absolute atomic E-state index is 6.28. The Morgan fingerprint density at radius 3 is 2.44 bits per heavy atom. The maximum atomic E-state index is 6.28. The van der Waals surface area contributed by atoms with Crippen LogP contribution in [-0.2, 0) is 14.2 Å². The summed E-state index contributed by atoms with van der Waals surface area (Å²) in [6.45, 7) is 8.71. The first-order valence-corrected chi connectivity index (χ1v) is 7.25. The Kier molecular flexibility index (Phi) is 3.39. The lowest BCUT2D eigenvalue weighted by Crippen LogP contribution is -2.68. The maximum Gasteiger partial charge on any atom is 0.114 e. The van der Waals surface area contributed by atoms with E-state index in [-0.39, 0.29) is 11.2 Å². The van der Waals surface area contributed by atoms with Gasteiger partial charge in [0.15, 0.2) is 0 Å². The molecule has 0 bridgehead atoms. The molecular weight excluding hydrogens is 230 g/mol. The van der Waals surface area contributed by atoms with Crippen LogP contribution in [0.5, 0.6) is 0 Å². The highest BCUT2D eigenvalue weighted by molar-refractivity contribution is 5.11. The van der Waals surface area contributed by atoms with Crippen LogP contribution in [0.25, 0.3) is 0 Å². The molecule has 3 aliphatic heterocycles. The molecule has 0 aromatic rings. The van der Waals surface area contributed by atoms with E-state index in [9.17, 15) is 0 Å². The molecule has 0 aliphatic carbocycles. The summed E-state index contributed by atoms with van der Waals surface area (Å²) in [4.78, 5) is 0. The van der Waals surface area contributed by atoms with Gasteiger partial charge in [-0.1, -0.05) is 0 Å². The third-order valence-corrected chi connectivity index (χ3v) is 5.02. The lowest BCUT2D eigenvalue weighted by atomic mass is 9.71. The zero-order valence-corrected chi connectivity index (χ0v) is 11.5. The van der Waals surface area contributed by atoms with Crippen molar-refractivity contribution in [2.24, 2.45) is 5.92 Å². The fraction of sp³-hybridized carbons (Fsp3) is 1.00. The van der Waals surface area contributed by atoms with Crippen LogP contribution in [0.3, 0.4) is 0 Å². The highest BCUT2D eigenvalue weighted by Gasteiger charge is 2.59. The third kappa shape index (κ3) is 1.90. The highest BCUT2D eigenvalue weighted by Crippen LogP contribution is 2.45. The third-order valence-electron chi connectivity index (χ3n) is 5.02. The number of morpholine rings is 1. The second kappa shape index (κ2) is 4.75. The molecule has 0 amide bonds. The lowest BCUT2D eigenvalue weighted by Gasteiger charge is -2.51. The number of rotatable bonds is 1. The van der Waals surface area contributed by atoms with E-state index >= 15 is 0 Å². The molecule has 1 N–H and O–H groups in total. The Labute approximate surface area is 109 Å². The first kappa shape index (κ1) is 12.9. The minimum atomic E-state index is -0.191. The Balaban J connectivity index is 1.85.